The second kappa shape index (κ2) is 4.27. The molecule has 1 rings (SSSR count). The van der Waals surface area contributed by atoms with Gasteiger partial charge >= 0.3 is 0 Å². The normalized spacial score (nSPS) is 8.92. The SMILES string of the molecule is CNC(=O)c1ccc(CC#N)cc1. The van der Waals surface area contributed by atoms with Crippen molar-refractivity contribution >= 4 is 5.91 Å². The summed E-state index contributed by atoms with van der Waals surface area (Å²) in [4.78, 5) is 11.1. The highest BCUT2D eigenvalue weighted by molar-refractivity contribution is 5.93. The molecule has 3 heteroatoms. The summed E-state index contributed by atoms with van der Waals surface area (Å²) in [7, 11) is 1.59. The smallest absolute Gasteiger partial charge is 0.251 e. The quantitative estimate of drug-likeness (QED) is 0.730. The Balaban J connectivity index is 2.82. The van der Waals surface area contributed by atoms with E-state index in [1.165, 1.54) is 0 Å². The van der Waals surface area contributed by atoms with Crippen LogP contribution in [0.3, 0.4) is 0 Å². The summed E-state index contributed by atoms with van der Waals surface area (Å²) < 4.78 is 0. The molecule has 13 heavy (non-hydrogen) atoms. The number of nitrogens with zero attached hydrogens (tertiary/aromatic N) is 1. The number of nitriles is 1. The van der Waals surface area contributed by atoms with E-state index in [0.717, 1.165) is 5.56 Å². The number of rotatable bonds is 2. The number of amides is 1. The molecule has 1 aromatic rings. The van der Waals surface area contributed by atoms with Crippen LogP contribution in [0.4, 0.5) is 0 Å². The van der Waals surface area contributed by atoms with Gasteiger partial charge in [-0.25, -0.2) is 0 Å². The summed E-state index contributed by atoms with van der Waals surface area (Å²) in [6, 6.07) is 9.04. The Hall–Kier alpha value is -1.82. The van der Waals surface area contributed by atoms with Crippen molar-refractivity contribution in [2.24, 2.45) is 0 Å². The maximum absolute atomic E-state index is 11.1. The molecule has 0 atom stereocenters. The van der Waals surface area contributed by atoms with Gasteiger partial charge in [-0.3, -0.25) is 4.79 Å². The van der Waals surface area contributed by atoms with Gasteiger partial charge in [0.25, 0.3) is 5.91 Å². The molecule has 0 fully saturated rings. The van der Waals surface area contributed by atoms with Gasteiger partial charge in [-0.15, -0.1) is 0 Å². The minimum absolute atomic E-state index is 0.108. The van der Waals surface area contributed by atoms with Crippen molar-refractivity contribution in [2.45, 2.75) is 6.42 Å². The molecule has 0 heterocycles. The first-order valence-corrected chi connectivity index (χ1v) is 3.96. The van der Waals surface area contributed by atoms with Crippen molar-refractivity contribution in [3.63, 3.8) is 0 Å². The van der Waals surface area contributed by atoms with E-state index in [2.05, 4.69) is 5.32 Å². The highest BCUT2D eigenvalue weighted by Gasteiger charge is 2.01. The van der Waals surface area contributed by atoms with Crippen molar-refractivity contribution in [3.05, 3.63) is 35.4 Å². The van der Waals surface area contributed by atoms with Crippen LogP contribution in [0.15, 0.2) is 24.3 Å². The van der Waals surface area contributed by atoms with E-state index < -0.39 is 0 Å². The predicted molar refractivity (Wildman–Crippen MR) is 49.1 cm³/mol. The first kappa shape index (κ1) is 9.27. The zero-order valence-corrected chi connectivity index (χ0v) is 7.37. The van der Waals surface area contributed by atoms with Crippen LogP contribution in [0.2, 0.25) is 0 Å². The van der Waals surface area contributed by atoms with Crippen LogP contribution in [0.25, 0.3) is 0 Å². The lowest BCUT2D eigenvalue weighted by Crippen LogP contribution is -2.17. The molecular formula is C10H10N2O. The lowest BCUT2D eigenvalue weighted by molar-refractivity contribution is 0.0963. The fourth-order valence-electron chi connectivity index (χ4n) is 1.01. The highest BCUT2D eigenvalue weighted by Crippen LogP contribution is 2.04. The van der Waals surface area contributed by atoms with Gasteiger partial charge in [-0.05, 0) is 17.7 Å². The molecule has 1 amide bonds. The Labute approximate surface area is 77.0 Å². The number of nitrogens with one attached hydrogen (secondary N) is 1. The molecular weight excluding hydrogens is 164 g/mol. The largest absolute Gasteiger partial charge is 0.355 e. The lowest BCUT2D eigenvalue weighted by atomic mass is 10.1. The maximum atomic E-state index is 11.1. The standard InChI is InChI=1S/C10H10N2O/c1-12-10(13)9-4-2-8(3-5-9)6-7-11/h2-5H,6H2,1H3,(H,12,13). The predicted octanol–water partition coefficient (Wildman–Crippen LogP) is 1.11. The Kier molecular flexibility index (Phi) is 3.04. The number of hydrogen-bond donors (Lipinski definition) is 1. The Morgan fingerprint density at radius 3 is 2.54 bits per heavy atom. The van der Waals surface area contributed by atoms with Crippen molar-refractivity contribution in [3.8, 4) is 6.07 Å². The molecule has 66 valence electrons. The topological polar surface area (TPSA) is 52.9 Å². The van der Waals surface area contributed by atoms with Gasteiger partial charge in [-0.2, -0.15) is 5.26 Å². The third kappa shape index (κ3) is 2.31. The Morgan fingerprint density at radius 2 is 2.08 bits per heavy atom. The molecule has 0 aromatic heterocycles. The Bertz CT molecular complexity index is 335. The van der Waals surface area contributed by atoms with E-state index in [-0.39, 0.29) is 5.91 Å². The summed E-state index contributed by atoms with van der Waals surface area (Å²) in [6.07, 6.45) is 0.383. The van der Waals surface area contributed by atoms with E-state index in [0.29, 0.717) is 12.0 Å². The van der Waals surface area contributed by atoms with Crippen molar-refractivity contribution in [1.29, 1.82) is 5.26 Å². The van der Waals surface area contributed by atoms with Gasteiger partial charge in [0.15, 0.2) is 0 Å². The van der Waals surface area contributed by atoms with Crippen LogP contribution >= 0.6 is 0 Å². The monoisotopic (exact) mass is 174 g/mol. The molecule has 0 saturated heterocycles. The van der Waals surface area contributed by atoms with Gasteiger partial charge < -0.3 is 5.32 Å². The number of benzene rings is 1. The molecule has 0 unspecified atom stereocenters. The molecule has 0 aliphatic carbocycles. The Morgan fingerprint density at radius 1 is 1.46 bits per heavy atom. The van der Waals surface area contributed by atoms with Crippen molar-refractivity contribution in [2.75, 3.05) is 7.05 Å². The molecule has 0 bridgehead atoms. The zero-order chi connectivity index (χ0) is 9.68. The van der Waals surface area contributed by atoms with Crippen molar-refractivity contribution < 1.29 is 4.79 Å². The number of carbonyl (C=O) groups excluding carboxylic acids is 1. The van der Waals surface area contributed by atoms with E-state index in [9.17, 15) is 4.79 Å². The van der Waals surface area contributed by atoms with Crippen LogP contribution in [0, 0.1) is 11.3 Å². The molecule has 0 spiro atoms. The highest BCUT2D eigenvalue weighted by atomic mass is 16.1. The lowest BCUT2D eigenvalue weighted by Gasteiger charge is -1.99. The molecule has 3 nitrogen and oxygen atoms in total. The average Bonchev–Trinajstić information content (AvgIpc) is 2.18. The summed E-state index contributed by atoms with van der Waals surface area (Å²) in [5, 5.41) is 10.9. The minimum Gasteiger partial charge on any atom is -0.355 e. The second-order valence-electron chi connectivity index (χ2n) is 2.61. The van der Waals surface area contributed by atoms with Gasteiger partial charge in [-0.1, -0.05) is 12.1 Å². The van der Waals surface area contributed by atoms with E-state index in [4.69, 9.17) is 5.26 Å². The summed E-state index contributed by atoms with van der Waals surface area (Å²) in [5.74, 6) is -0.108. The average molecular weight is 174 g/mol. The molecule has 0 aliphatic rings. The van der Waals surface area contributed by atoms with Crippen LogP contribution in [-0.4, -0.2) is 13.0 Å². The summed E-state index contributed by atoms with van der Waals surface area (Å²) >= 11 is 0. The van der Waals surface area contributed by atoms with Crippen LogP contribution in [0.1, 0.15) is 15.9 Å². The fraction of sp³-hybridized carbons (Fsp3) is 0.200. The third-order valence-electron chi connectivity index (χ3n) is 1.73. The maximum Gasteiger partial charge on any atom is 0.251 e. The minimum atomic E-state index is -0.108. The first-order chi connectivity index (χ1) is 6.27. The molecule has 0 aliphatic heterocycles. The molecule has 0 saturated carbocycles. The van der Waals surface area contributed by atoms with Crippen molar-refractivity contribution in [1.82, 2.24) is 5.32 Å². The first-order valence-electron chi connectivity index (χ1n) is 3.96. The van der Waals surface area contributed by atoms with E-state index in [1.807, 2.05) is 6.07 Å². The van der Waals surface area contributed by atoms with Gasteiger partial charge in [0.05, 0.1) is 12.5 Å². The molecule has 0 radical (unpaired) electrons. The van der Waals surface area contributed by atoms with Crippen LogP contribution in [0.5, 0.6) is 0 Å². The molecule has 1 aromatic carbocycles. The zero-order valence-electron chi connectivity index (χ0n) is 7.37. The van der Waals surface area contributed by atoms with Gasteiger partial charge in [0.2, 0.25) is 0 Å². The van der Waals surface area contributed by atoms with Crippen LogP contribution in [-0.2, 0) is 6.42 Å². The van der Waals surface area contributed by atoms with Gasteiger partial charge in [0, 0.05) is 12.6 Å². The number of carbonyl (C=O) groups is 1. The molecule has 1 N–H and O–H groups in total. The van der Waals surface area contributed by atoms with E-state index in [1.54, 1.807) is 31.3 Å². The number of hydrogen-bond acceptors (Lipinski definition) is 2. The van der Waals surface area contributed by atoms with E-state index >= 15 is 0 Å². The second-order valence-corrected chi connectivity index (χ2v) is 2.61. The summed E-state index contributed by atoms with van der Waals surface area (Å²) in [6.45, 7) is 0. The summed E-state index contributed by atoms with van der Waals surface area (Å²) in [5.41, 5.74) is 1.54. The van der Waals surface area contributed by atoms with Gasteiger partial charge in [0.1, 0.15) is 0 Å². The third-order valence-corrected chi connectivity index (χ3v) is 1.73. The fourth-order valence-corrected chi connectivity index (χ4v) is 1.01. The van der Waals surface area contributed by atoms with Crippen LogP contribution < -0.4 is 5.32 Å².